The monoisotopic (exact) mass is 339 g/mol. The van der Waals surface area contributed by atoms with Crippen molar-refractivity contribution in [2.24, 2.45) is 0 Å². The molecule has 0 fully saturated rings. The van der Waals surface area contributed by atoms with Crippen molar-refractivity contribution in [1.29, 1.82) is 0 Å². The molecule has 0 amide bonds. The number of hydrogen-bond donors (Lipinski definition) is 1. The quantitative estimate of drug-likeness (QED) is 0.566. The van der Waals surface area contributed by atoms with E-state index in [9.17, 15) is 4.39 Å². The topological polar surface area (TPSA) is 21.3 Å². The molecule has 5 heteroatoms. The van der Waals surface area contributed by atoms with Crippen LogP contribution in [0.2, 0.25) is 10.0 Å². The van der Waals surface area contributed by atoms with E-state index >= 15 is 0 Å². The molecule has 0 unspecified atom stereocenters. The lowest BCUT2D eigenvalue weighted by Gasteiger charge is -2.13. The highest BCUT2D eigenvalue weighted by Crippen LogP contribution is 2.25. The molecule has 2 aromatic carbocycles. The van der Waals surface area contributed by atoms with Gasteiger partial charge in [-0.05, 0) is 30.3 Å². The van der Waals surface area contributed by atoms with Crippen LogP contribution in [0.1, 0.15) is 11.1 Å². The van der Waals surface area contributed by atoms with E-state index in [1.54, 1.807) is 18.2 Å². The Hall–Kier alpha value is -1.55. The maximum absolute atomic E-state index is 13.0. The van der Waals surface area contributed by atoms with Gasteiger partial charge in [-0.25, -0.2) is 4.39 Å². The molecule has 1 N–H and O–H groups in total. The number of benzene rings is 2. The first-order valence-electron chi connectivity index (χ1n) is 6.77. The first kappa shape index (κ1) is 16.8. The molecular weight excluding hydrogens is 324 g/mol. The molecule has 116 valence electrons. The highest BCUT2D eigenvalue weighted by Gasteiger charge is 2.07. The minimum atomic E-state index is -0.366. The Kier molecular flexibility index (Phi) is 6.25. The first-order chi connectivity index (χ1) is 10.6. The molecule has 0 atom stereocenters. The standard InChI is InChI=1S/C17H16Cl2FNO/c1-2-7-21-10-13-8-14(18)4-6-17(13)22-11-12-3-5-15(20)9-16(12)19/h2-6,8-9,21H,1,7,10-11H2. The van der Waals surface area contributed by atoms with Gasteiger partial charge in [-0.1, -0.05) is 35.3 Å². The fourth-order valence-electron chi connectivity index (χ4n) is 1.93. The van der Waals surface area contributed by atoms with E-state index in [2.05, 4.69) is 11.9 Å². The van der Waals surface area contributed by atoms with Gasteiger partial charge in [0, 0.05) is 29.2 Å². The van der Waals surface area contributed by atoms with Crippen LogP contribution in [0.5, 0.6) is 5.75 Å². The Morgan fingerprint density at radius 3 is 2.68 bits per heavy atom. The Labute approximate surface area is 139 Å². The summed E-state index contributed by atoms with van der Waals surface area (Å²) in [7, 11) is 0. The summed E-state index contributed by atoms with van der Waals surface area (Å²) in [5.41, 5.74) is 1.66. The second kappa shape index (κ2) is 8.18. The largest absolute Gasteiger partial charge is 0.489 e. The van der Waals surface area contributed by atoms with E-state index in [1.165, 1.54) is 12.1 Å². The summed E-state index contributed by atoms with van der Waals surface area (Å²) in [5, 5.41) is 4.19. The molecule has 0 saturated carbocycles. The molecule has 0 aliphatic carbocycles. The molecule has 0 radical (unpaired) electrons. The summed E-state index contributed by atoms with van der Waals surface area (Å²) >= 11 is 12.0. The highest BCUT2D eigenvalue weighted by atomic mass is 35.5. The van der Waals surface area contributed by atoms with Crippen LogP contribution >= 0.6 is 23.2 Å². The summed E-state index contributed by atoms with van der Waals surface area (Å²) in [5.74, 6) is 0.343. The maximum atomic E-state index is 13.0. The van der Waals surface area contributed by atoms with Crippen LogP contribution in [-0.2, 0) is 13.2 Å². The first-order valence-corrected chi connectivity index (χ1v) is 7.52. The van der Waals surface area contributed by atoms with E-state index in [-0.39, 0.29) is 12.4 Å². The van der Waals surface area contributed by atoms with Crippen molar-refractivity contribution >= 4 is 23.2 Å². The molecule has 0 saturated heterocycles. The second-order valence-electron chi connectivity index (χ2n) is 4.70. The summed E-state index contributed by atoms with van der Waals surface area (Å²) in [4.78, 5) is 0. The van der Waals surface area contributed by atoms with Gasteiger partial charge in [0.1, 0.15) is 18.2 Å². The SMILES string of the molecule is C=CCNCc1cc(Cl)ccc1OCc1ccc(F)cc1Cl. The van der Waals surface area contributed by atoms with Gasteiger partial charge in [0.15, 0.2) is 0 Å². The van der Waals surface area contributed by atoms with Gasteiger partial charge in [0.25, 0.3) is 0 Å². The molecular formula is C17H16Cl2FNO. The Morgan fingerprint density at radius 1 is 1.14 bits per heavy atom. The van der Waals surface area contributed by atoms with Crippen molar-refractivity contribution in [1.82, 2.24) is 5.32 Å². The second-order valence-corrected chi connectivity index (χ2v) is 5.54. The Bertz CT molecular complexity index is 661. The number of nitrogens with one attached hydrogen (secondary N) is 1. The summed E-state index contributed by atoms with van der Waals surface area (Å²) in [6.07, 6.45) is 1.78. The van der Waals surface area contributed by atoms with Crippen molar-refractivity contribution in [3.05, 3.63) is 76.0 Å². The van der Waals surface area contributed by atoms with Gasteiger partial charge in [-0.15, -0.1) is 6.58 Å². The number of rotatable bonds is 7. The maximum Gasteiger partial charge on any atom is 0.124 e. The Morgan fingerprint density at radius 2 is 1.95 bits per heavy atom. The lowest BCUT2D eigenvalue weighted by atomic mass is 10.2. The van der Waals surface area contributed by atoms with E-state index in [1.807, 2.05) is 12.1 Å². The third-order valence-electron chi connectivity index (χ3n) is 3.02. The smallest absolute Gasteiger partial charge is 0.124 e. The Balaban J connectivity index is 2.09. The number of hydrogen-bond acceptors (Lipinski definition) is 2. The predicted molar refractivity (Wildman–Crippen MR) is 89.1 cm³/mol. The lowest BCUT2D eigenvalue weighted by Crippen LogP contribution is -2.13. The molecule has 0 heterocycles. The summed E-state index contributed by atoms with van der Waals surface area (Å²) in [6.45, 7) is 5.22. The normalized spacial score (nSPS) is 10.5. The molecule has 22 heavy (non-hydrogen) atoms. The molecule has 2 aromatic rings. The van der Waals surface area contributed by atoms with Crippen molar-refractivity contribution < 1.29 is 9.13 Å². The fourth-order valence-corrected chi connectivity index (χ4v) is 2.35. The number of halogens is 3. The average Bonchev–Trinajstić information content (AvgIpc) is 2.48. The van der Waals surface area contributed by atoms with Gasteiger partial charge >= 0.3 is 0 Å². The van der Waals surface area contributed by atoms with Crippen LogP contribution in [0.15, 0.2) is 49.1 Å². The summed E-state index contributed by atoms with van der Waals surface area (Å²) < 4.78 is 18.8. The van der Waals surface area contributed by atoms with E-state index < -0.39 is 0 Å². The van der Waals surface area contributed by atoms with E-state index in [4.69, 9.17) is 27.9 Å². The highest BCUT2D eigenvalue weighted by molar-refractivity contribution is 6.31. The van der Waals surface area contributed by atoms with Gasteiger partial charge in [-0.3, -0.25) is 0 Å². The van der Waals surface area contributed by atoms with Crippen molar-refractivity contribution in [3.63, 3.8) is 0 Å². The van der Waals surface area contributed by atoms with Crippen LogP contribution in [-0.4, -0.2) is 6.54 Å². The molecule has 0 aromatic heterocycles. The zero-order valence-corrected chi connectivity index (χ0v) is 13.4. The van der Waals surface area contributed by atoms with E-state index in [0.29, 0.717) is 28.9 Å². The lowest BCUT2D eigenvalue weighted by molar-refractivity contribution is 0.302. The zero-order chi connectivity index (χ0) is 15.9. The molecule has 2 rings (SSSR count). The van der Waals surface area contributed by atoms with Crippen LogP contribution in [0.3, 0.4) is 0 Å². The third kappa shape index (κ3) is 4.73. The average molecular weight is 340 g/mol. The van der Waals surface area contributed by atoms with Crippen molar-refractivity contribution in [2.45, 2.75) is 13.2 Å². The van der Waals surface area contributed by atoms with Gasteiger partial charge in [0.05, 0.1) is 5.02 Å². The van der Waals surface area contributed by atoms with E-state index in [0.717, 1.165) is 11.1 Å². The van der Waals surface area contributed by atoms with Gasteiger partial charge in [0.2, 0.25) is 0 Å². The molecule has 0 aliphatic rings. The van der Waals surface area contributed by atoms with Crippen molar-refractivity contribution in [2.75, 3.05) is 6.54 Å². The van der Waals surface area contributed by atoms with Crippen LogP contribution < -0.4 is 10.1 Å². The molecule has 0 bridgehead atoms. The minimum Gasteiger partial charge on any atom is -0.489 e. The van der Waals surface area contributed by atoms with Crippen LogP contribution in [0.4, 0.5) is 4.39 Å². The van der Waals surface area contributed by atoms with Gasteiger partial charge in [-0.2, -0.15) is 0 Å². The number of ether oxygens (including phenoxy) is 1. The predicted octanol–water partition coefficient (Wildman–Crippen LogP) is 4.99. The molecule has 0 spiro atoms. The minimum absolute atomic E-state index is 0.259. The summed E-state index contributed by atoms with van der Waals surface area (Å²) in [6, 6.07) is 9.67. The molecule has 0 aliphatic heterocycles. The molecule has 2 nitrogen and oxygen atoms in total. The van der Waals surface area contributed by atoms with Crippen molar-refractivity contribution in [3.8, 4) is 5.75 Å². The van der Waals surface area contributed by atoms with Crippen LogP contribution in [0, 0.1) is 5.82 Å². The zero-order valence-electron chi connectivity index (χ0n) is 11.9. The fraction of sp³-hybridized carbons (Fsp3) is 0.176. The third-order valence-corrected chi connectivity index (χ3v) is 3.61. The van der Waals surface area contributed by atoms with Crippen LogP contribution in [0.25, 0.3) is 0 Å². The van der Waals surface area contributed by atoms with Gasteiger partial charge < -0.3 is 10.1 Å².